The smallest absolute Gasteiger partial charge is 0.200 e. The Morgan fingerprint density at radius 2 is 2.00 bits per heavy atom. The molecule has 1 N–H and O–H groups in total. The van der Waals surface area contributed by atoms with Gasteiger partial charge in [0.1, 0.15) is 5.82 Å². The van der Waals surface area contributed by atoms with Gasteiger partial charge in [-0.05, 0) is 40.3 Å². The molecule has 0 atom stereocenters. The van der Waals surface area contributed by atoms with Crippen LogP contribution in [-0.4, -0.2) is 25.3 Å². The maximum Gasteiger partial charge on any atom is 0.200 e. The van der Waals surface area contributed by atoms with E-state index in [4.69, 9.17) is 5.26 Å². The van der Waals surface area contributed by atoms with Crippen LogP contribution in [0.4, 0.5) is 5.82 Å². The lowest BCUT2D eigenvalue weighted by Crippen LogP contribution is -2.04. The molecule has 0 fully saturated rings. The van der Waals surface area contributed by atoms with E-state index in [1.54, 1.807) is 18.2 Å². The highest BCUT2D eigenvalue weighted by atomic mass is 15.6. The van der Waals surface area contributed by atoms with Crippen molar-refractivity contribution in [2.45, 2.75) is 6.54 Å². The largest absolute Gasteiger partial charge is 0.365 e. The summed E-state index contributed by atoms with van der Waals surface area (Å²) in [6, 6.07) is 13.1. The summed E-state index contributed by atoms with van der Waals surface area (Å²) in [6.07, 6.45) is 0. The second kappa shape index (κ2) is 4.70. The normalized spacial score (nSPS) is 10.3. The van der Waals surface area contributed by atoms with E-state index < -0.39 is 0 Å². The third kappa shape index (κ3) is 2.32. The topological polar surface area (TPSA) is 91.8 Å². The minimum Gasteiger partial charge on any atom is -0.365 e. The molecule has 1 aromatic carbocycles. The molecule has 0 unspecified atom stereocenters. The fourth-order valence-electron chi connectivity index (χ4n) is 1.63. The summed E-state index contributed by atoms with van der Waals surface area (Å²) >= 11 is 0. The Morgan fingerprint density at radius 1 is 1.16 bits per heavy atom. The number of aromatic nitrogens is 5. The molecular formula is C12H9N7. The van der Waals surface area contributed by atoms with E-state index >= 15 is 0 Å². The fraction of sp³-hybridized carbons (Fsp3) is 0.0833. The summed E-state index contributed by atoms with van der Waals surface area (Å²) < 4.78 is 1.36. The van der Waals surface area contributed by atoms with Gasteiger partial charge in [0.2, 0.25) is 0 Å². The number of benzene rings is 1. The zero-order chi connectivity index (χ0) is 13.1. The van der Waals surface area contributed by atoms with Crippen LogP contribution >= 0.6 is 0 Å². The predicted octanol–water partition coefficient (Wildman–Crippen LogP) is 1.00. The van der Waals surface area contributed by atoms with Gasteiger partial charge in [0.15, 0.2) is 5.65 Å². The average Bonchev–Trinajstić information content (AvgIpc) is 2.93. The number of anilines is 1. The zero-order valence-corrected chi connectivity index (χ0v) is 9.85. The summed E-state index contributed by atoms with van der Waals surface area (Å²) in [5.41, 5.74) is 2.32. The molecule has 0 aliphatic rings. The maximum atomic E-state index is 8.72. The number of nitrogens with zero attached hydrogens (tertiary/aromatic N) is 6. The van der Waals surface area contributed by atoms with Crippen molar-refractivity contribution in [1.82, 2.24) is 25.3 Å². The minimum atomic E-state index is 0.601. The number of hydrogen-bond donors (Lipinski definition) is 1. The van der Waals surface area contributed by atoms with Gasteiger partial charge in [0, 0.05) is 6.54 Å². The first-order valence-electron chi connectivity index (χ1n) is 5.63. The molecule has 3 aromatic rings. The van der Waals surface area contributed by atoms with Gasteiger partial charge < -0.3 is 5.32 Å². The second-order valence-corrected chi connectivity index (χ2v) is 3.91. The van der Waals surface area contributed by atoms with Gasteiger partial charge in [-0.15, -0.1) is 14.8 Å². The van der Waals surface area contributed by atoms with Crippen molar-refractivity contribution in [3.05, 3.63) is 47.5 Å². The molecule has 0 spiro atoms. The van der Waals surface area contributed by atoms with Crippen LogP contribution in [0.15, 0.2) is 36.4 Å². The molecule has 7 nitrogen and oxygen atoms in total. The van der Waals surface area contributed by atoms with Crippen molar-refractivity contribution in [2.75, 3.05) is 5.32 Å². The van der Waals surface area contributed by atoms with Gasteiger partial charge in [-0.25, -0.2) is 0 Å². The van der Waals surface area contributed by atoms with Crippen LogP contribution in [0.5, 0.6) is 0 Å². The molecule has 7 heteroatoms. The van der Waals surface area contributed by atoms with Crippen molar-refractivity contribution in [3.8, 4) is 6.07 Å². The first kappa shape index (κ1) is 11.1. The number of tetrazole rings is 1. The Labute approximate surface area is 108 Å². The van der Waals surface area contributed by atoms with Gasteiger partial charge in [-0.2, -0.15) is 5.26 Å². The third-order valence-corrected chi connectivity index (χ3v) is 2.63. The van der Waals surface area contributed by atoms with Gasteiger partial charge >= 0.3 is 0 Å². The van der Waals surface area contributed by atoms with Crippen LogP contribution in [0.3, 0.4) is 0 Å². The highest BCUT2D eigenvalue weighted by Crippen LogP contribution is 2.08. The van der Waals surface area contributed by atoms with Crippen molar-refractivity contribution < 1.29 is 0 Å². The summed E-state index contributed by atoms with van der Waals surface area (Å²) in [5, 5.41) is 27.1. The molecule has 2 aromatic heterocycles. The van der Waals surface area contributed by atoms with Gasteiger partial charge in [-0.1, -0.05) is 12.1 Å². The first-order chi connectivity index (χ1) is 9.35. The fourth-order valence-corrected chi connectivity index (χ4v) is 1.63. The van der Waals surface area contributed by atoms with E-state index in [2.05, 4.69) is 32.0 Å². The van der Waals surface area contributed by atoms with Crippen LogP contribution in [0.2, 0.25) is 0 Å². The molecular weight excluding hydrogens is 242 g/mol. The highest BCUT2D eigenvalue weighted by molar-refractivity contribution is 5.42. The molecule has 0 saturated carbocycles. The highest BCUT2D eigenvalue weighted by Gasteiger charge is 2.00. The monoisotopic (exact) mass is 251 g/mol. The molecule has 2 heterocycles. The SMILES string of the molecule is N#Cc1ccc(CNc2ccc3nnnn3n2)cc1. The first-order valence-corrected chi connectivity index (χ1v) is 5.63. The van der Waals surface area contributed by atoms with Crippen molar-refractivity contribution in [2.24, 2.45) is 0 Å². The third-order valence-electron chi connectivity index (χ3n) is 2.63. The summed E-state index contributed by atoms with van der Waals surface area (Å²) in [5.74, 6) is 0.684. The standard InChI is InChI=1S/C12H9N7/c13-7-9-1-3-10(4-2-9)8-14-11-5-6-12-15-17-18-19(12)16-11/h1-6H,8H2,(H,14,16). The lowest BCUT2D eigenvalue weighted by molar-refractivity contribution is 0.734. The lowest BCUT2D eigenvalue weighted by Gasteiger charge is -2.05. The summed E-state index contributed by atoms with van der Waals surface area (Å²) in [7, 11) is 0. The van der Waals surface area contributed by atoms with E-state index in [1.165, 1.54) is 4.63 Å². The van der Waals surface area contributed by atoms with Gasteiger partial charge in [0.05, 0.1) is 11.6 Å². The minimum absolute atomic E-state index is 0.601. The predicted molar refractivity (Wildman–Crippen MR) is 67.1 cm³/mol. The average molecular weight is 251 g/mol. The Bertz CT molecular complexity index is 739. The molecule has 0 amide bonds. The number of rotatable bonds is 3. The van der Waals surface area contributed by atoms with Gasteiger partial charge in [0.25, 0.3) is 0 Å². The van der Waals surface area contributed by atoms with Crippen LogP contribution in [-0.2, 0) is 6.54 Å². The van der Waals surface area contributed by atoms with Crippen LogP contribution in [0.1, 0.15) is 11.1 Å². The molecule has 0 aliphatic heterocycles. The van der Waals surface area contributed by atoms with Crippen molar-refractivity contribution >= 4 is 11.5 Å². The maximum absolute atomic E-state index is 8.72. The van der Waals surface area contributed by atoms with Crippen LogP contribution in [0.25, 0.3) is 5.65 Å². The van der Waals surface area contributed by atoms with E-state index in [-0.39, 0.29) is 0 Å². The Kier molecular flexibility index (Phi) is 2.74. The molecule has 0 bridgehead atoms. The van der Waals surface area contributed by atoms with Crippen molar-refractivity contribution in [1.29, 1.82) is 5.26 Å². The molecule has 0 saturated heterocycles. The van der Waals surface area contributed by atoms with E-state index in [9.17, 15) is 0 Å². The quantitative estimate of drug-likeness (QED) is 0.746. The molecule has 92 valence electrons. The number of nitriles is 1. The number of hydrogen-bond acceptors (Lipinski definition) is 6. The summed E-state index contributed by atoms with van der Waals surface area (Å²) in [6.45, 7) is 0.617. The molecule has 0 radical (unpaired) electrons. The Balaban J connectivity index is 1.72. The summed E-state index contributed by atoms with van der Waals surface area (Å²) in [4.78, 5) is 0. The van der Waals surface area contributed by atoms with Crippen molar-refractivity contribution in [3.63, 3.8) is 0 Å². The second-order valence-electron chi connectivity index (χ2n) is 3.91. The number of nitrogens with one attached hydrogen (secondary N) is 1. The van der Waals surface area contributed by atoms with E-state index in [0.717, 1.165) is 5.56 Å². The Morgan fingerprint density at radius 3 is 2.79 bits per heavy atom. The van der Waals surface area contributed by atoms with Crippen LogP contribution < -0.4 is 5.32 Å². The van der Waals surface area contributed by atoms with E-state index in [1.807, 2.05) is 18.2 Å². The van der Waals surface area contributed by atoms with E-state index in [0.29, 0.717) is 23.6 Å². The van der Waals surface area contributed by atoms with Gasteiger partial charge in [-0.3, -0.25) is 0 Å². The molecule has 0 aliphatic carbocycles. The Hall–Kier alpha value is -3.01. The molecule has 19 heavy (non-hydrogen) atoms. The zero-order valence-electron chi connectivity index (χ0n) is 9.85. The van der Waals surface area contributed by atoms with Crippen LogP contribution in [0, 0.1) is 11.3 Å². The molecule has 3 rings (SSSR count). The number of fused-ring (bicyclic) bond motifs is 1. The lowest BCUT2D eigenvalue weighted by atomic mass is 10.1.